The van der Waals surface area contributed by atoms with E-state index in [1.54, 1.807) is 23.5 Å². The van der Waals surface area contributed by atoms with E-state index < -0.39 is 6.10 Å². The number of halogens is 4. The number of hydrogen-bond acceptors (Lipinski definition) is 4. The SMILES string of the molecule is CN=c1sc2cc(Cl)ccc2n1CCCCN(C)C[C@H](O)c1ccc(F)cc1.Cl.Cl. The van der Waals surface area contributed by atoms with E-state index in [1.165, 1.54) is 12.1 Å². The van der Waals surface area contributed by atoms with E-state index in [0.29, 0.717) is 6.54 Å². The molecule has 3 aromatic rings. The van der Waals surface area contributed by atoms with Crippen molar-refractivity contribution in [2.45, 2.75) is 25.5 Å². The number of aliphatic hydroxyl groups is 1. The molecular weight excluding hydrogens is 468 g/mol. The molecule has 0 radical (unpaired) electrons. The second-order valence-corrected chi connectivity index (χ2v) is 8.35. The molecule has 3 rings (SSSR count). The summed E-state index contributed by atoms with van der Waals surface area (Å²) in [6.45, 7) is 2.29. The Bertz CT molecular complexity index is 991. The number of unbranched alkanes of at least 4 members (excludes halogenated alkanes) is 1. The maximum absolute atomic E-state index is 13.0. The highest BCUT2D eigenvalue weighted by molar-refractivity contribution is 7.16. The number of aliphatic hydroxyl groups excluding tert-OH is 1. The van der Waals surface area contributed by atoms with Gasteiger partial charge >= 0.3 is 0 Å². The predicted octanol–water partition coefficient (Wildman–Crippen LogP) is 5.32. The number of aryl methyl sites for hydroxylation is 1. The van der Waals surface area contributed by atoms with Crippen LogP contribution in [0, 0.1) is 5.82 Å². The van der Waals surface area contributed by atoms with E-state index in [4.69, 9.17) is 11.6 Å². The monoisotopic (exact) mass is 493 g/mol. The fraction of sp³-hybridized carbons (Fsp3) is 0.381. The third-order valence-corrected chi connectivity index (χ3v) is 6.11. The fourth-order valence-electron chi connectivity index (χ4n) is 3.26. The summed E-state index contributed by atoms with van der Waals surface area (Å²) in [5.41, 5.74) is 1.90. The van der Waals surface area contributed by atoms with Crippen LogP contribution < -0.4 is 4.80 Å². The van der Waals surface area contributed by atoms with Crippen LogP contribution in [0.4, 0.5) is 4.39 Å². The minimum atomic E-state index is -0.615. The largest absolute Gasteiger partial charge is 0.387 e. The van der Waals surface area contributed by atoms with E-state index in [1.807, 2.05) is 32.3 Å². The van der Waals surface area contributed by atoms with Gasteiger partial charge in [-0.15, -0.1) is 24.8 Å². The Labute approximate surface area is 197 Å². The molecule has 9 heteroatoms. The summed E-state index contributed by atoms with van der Waals surface area (Å²) < 4.78 is 16.4. The average molecular weight is 495 g/mol. The summed E-state index contributed by atoms with van der Waals surface area (Å²) in [7, 11) is 3.81. The first-order valence-electron chi connectivity index (χ1n) is 9.31. The summed E-state index contributed by atoms with van der Waals surface area (Å²) >= 11 is 7.75. The lowest BCUT2D eigenvalue weighted by molar-refractivity contribution is 0.125. The van der Waals surface area contributed by atoms with Crippen molar-refractivity contribution < 1.29 is 9.50 Å². The normalized spacial score (nSPS) is 12.7. The lowest BCUT2D eigenvalue weighted by Crippen LogP contribution is -2.26. The van der Waals surface area contributed by atoms with Gasteiger partial charge in [-0.05, 0) is 62.3 Å². The van der Waals surface area contributed by atoms with Gasteiger partial charge in [0.15, 0.2) is 4.80 Å². The lowest BCUT2D eigenvalue weighted by Gasteiger charge is -2.20. The number of nitrogens with zero attached hydrogens (tertiary/aromatic N) is 3. The minimum Gasteiger partial charge on any atom is -0.387 e. The predicted molar refractivity (Wildman–Crippen MR) is 129 cm³/mol. The molecule has 1 atom stereocenters. The Hall–Kier alpha value is -1.15. The maximum atomic E-state index is 13.0. The van der Waals surface area contributed by atoms with Gasteiger partial charge < -0.3 is 14.6 Å². The van der Waals surface area contributed by atoms with Crippen LogP contribution in [0.5, 0.6) is 0 Å². The molecule has 0 fully saturated rings. The number of benzene rings is 2. The standard InChI is InChI=1S/C21H25ClFN3OS.2ClH/c1-24-21-26(18-10-7-16(22)13-20(18)28-21)12-4-3-11-25(2)14-19(27)15-5-8-17(23)9-6-15;;/h5-10,13,19,27H,3-4,11-12,14H2,1-2H3;2*1H/t19-;;/m0../s1. The fourth-order valence-corrected chi connectivity index (χ4v) is 4.55. The zero-order valence-corrected chi connectivity index (χ0v) is 20.1. The number of rotatable bonds is 8. The molecule has 0 saturated carbocycles. The third-order valence-electron chi connectivity index (χ3n) is 4.75. The molecule has 1 aromatic heterocycles. The van der Waals surface area contributed by atoms with Crippen molar-refractivity contribution in [1.82, 2.24) is 9.47 Å². The van der Waals surface area contributed by atoms with Crippen molar-refractivity contribution in [3.63, 3.8) is 0 Å². The number of thiazole rings is 1. The third kappa shape index (κ3) is 6.94. The van der Waals surface area contributed by atoms with E-state index in [0.717, 1.165) is 51.5 Å². The van der Waals surface area contributed by atoms with E-state index in [9.17, 15) is 9.50 Å². The molecule has 0 amide bonds. The zero-order valence-electron chi connectivity index (χ0n) is 16.9. The van der Waals surface area contributed by atoms with Gasteiger partial charge in [-0.1, -0.05) is 35.1 Å². The number of likely N-dealkylation sites (N-methyl/N-ethyl adjacent to an activating group) is 1. The Morgan fingerprint density at radius 2 is 1.87 bits per heavy atom. The molecule has 0 aliphatic heterocycles. The summed E-state index contributed by atoms with van der Waals surface area (Å²) in [4.78, 5) is 7.50. The van der Waals surface area contributed by atoms with Crippen LogP contribution in [-0.2, 0) is 6.54 Å². The Balaban J connectivity index is 0.00000225. The van der Waals surface area contributed by atoms with Gasteiger partial charge in [0.25, 0.3) is 0 Å². The molecule has 166 valence electrons. The second kappa shape index (κ2) is 12.6. The minimum absolute atomic E-state index is 0. The topological polar surface area (TPSA) is 40.8 Å². The molecule has 1 N–H and O–H groups in total. The van der Waals surface area contributed by atoms with Crippen LogP contribution in [0.2, 0.25) is 5.02 Å². The number of aromatic nitrogens is 1. The van der Waals surface area contributed by atoms with Gasteiger partial charge in [0.05, 0.1) is 16.3 Å². The first-order chi connectivity index (χ1) is 13.5. The summed E-state index contributed by atoms with van der Waals surface area (Å²) in [6, 6.07) is 12.0. The summed E-state index contributed by atoms with van der Waals surface area (Å²) in [6.07, 6.45) is 1.41. The molecule has 1 heterocycles. The van der Waals surface area contributed by atoms with Crippen molar-refractivity contribution >= 4 is 58.0 Å². The molecule has 30 heavy (non-hydrogen) atoms. The van der Waals surface area contributed by atoms with Gasteiger partial charge in [-0.25, -0.2) is 4.39 Å². The van der Waals surface area contributed by atoms with Crippen LogP contribution >= 0.6 is 47.8 Å². The number of fused-ring (bicyclic) bond motifs is 1. The highest BCUT2D eigenvalue weighted by Gasteiger charge is 2.11. The van der Waals surface area contributed by atoms with Crippen LogP contribution in [-0.4, -0.2) is 41.8 Å². The van der Waals surface area contributed by atoms with Crippen molar-refractivity contribution in [1.29, 1.82) is 0 Å². The van der Waals surface area contributed by atoms with Crippen molar-refractivity contribution in [3.8, 4) is 0 Å². The highest BCUT2D eigenvalue weighted by Crippen LogP contribution is 2.22. The zero-order chi connectivity index (χ0) is 20.1. The van der Waals surface area contributed by atoms with E-state index in [-0.39, 0.29) is 30.6 Å². The average Bonchev–Trinajstić information content (AvgIpc) is 3.02. The first-order valence-corrected chi connectivity index (χ1v) is 10.5. The molecule has 0 bridgehead atoms. The van der Waals surface area contributed by atoms with E-state index in [2.05, 4.69) is 14.5 Å². The lowest BCUT2D eigenvalue weighted by atomic mass is 10.1. The van der Waals surface area contributed by atoms with Crippen molar-refractivity contribution in [2.24, 2.45) is 4.99 Å². The van der Waals surface area contributed by atoms with Crippen LogP contribution in [0.15, 0.2) is 47.5 Å². The number of hydrogen-bond donors (Lipinski definition) is 1. The van der Waals surface area contributed by atoms with Crippen molar-refractivity contribution in [2.75, 3.05) is 27.2 Å². The summed E-state index contributed by atoms with van der Waals surface area (Å²) in [5.74, 6) is -0.289. The van der Waals surface area contributed by atoms with E-state index >= 15 is 0 Å². The van der Waals surface area contributed by atoms with Gasteiger partial charge in [0.2, 0.25) is 0 Å². The Morgan fingerprint density at radius 3 is 2.53 bits per heavy atom. The van der Waals surface area contributed by atoms with Gasteiger partial charge in [-0.2, -0.15) is 0 Å². The molecule has 4 nitrogen and oxygen atoms in total. The van der Waals surface area contributed by atoms with Gasteiger partial charge in [0, 0.05) is 25.2 Å². The Morgan fingerprint density at radius 1 is 1.17 bits per heavy atom. The smallest absolute Gasteiger partial charge is 0.185 e. The maximum Gasteiger partial charge on any atom is 0.185 e. The molecule has 0 aliphatic carbocycles. The molecule has 2 aromatic carbocycles. The van der Waals surface area contributed by atoms with Crippen LogP contribution in [0.1, 0.15) is 24.5 Å². The molecular formula is C21H27Cl3FN3OS. The van der Waals surface area contributed by atoms with Gasteiger partial charge in [-0.3, -0.25) is 4.99 Å². The quantitative estimate of drug-likeness (QED) is 0.431. The summed E-state index contributed by atoms with van der Waals surface area (Å²) in [5, 5.41) is 11.0. The molecule has 0 aliphatic rings. The molecule has 0 saturated heterocycles. The Kier molecular flexibility index (Phi) is 11.3. The first kappa shape index (κ1) is 26.9. The molecule has 0 spiro atoms. The van der Waals surface area contributed by atoms with Gasteiger partial charge in [0.1, 0.15) is 5.82 Å². The van der Waals surface area contributed by atoms with Crippen molar-refractivity contribution in [3.05, 3.63) is 63.7 Å². The molecule has 0 unspecified atom stereocenters. The van der Waals surface area contributed by atoms with Crippen LogP contribution in [0.3, 0.4) is 0 Å². The highest BCUT2D eigenvalue weighted by atomic mass is 35.5. The van der Waals surface area contributed by atoms with Crippen LogP contribution in [0.25, 0.3) is 10.2 Å². The second-order valence-electron chi connectivity index (χ2n) is 6.91.